The largest absolute Gasteiger partial charge is 0.478 e. The molecule has 2 aromatic carbocycles. The summed E-state index contributed by atoms with van der Waals surface area (Å²) in [4.78, 5) is 11.3. The normalized spacial score (nSPS) is 10.2. The number of carbonyl (C=O) groups is 1. The topological polar surface area (TPSA) is 57.5 Å². The first-order chi connectivity index (χ1) is 8.24. The summed E-state index contributed by atoms with van der Waals surface area (Å²) < 4.78 is 0. The van der Waals surface area contributed by atoms with Crippen molar-refractivity contribution in [3.63, 3.8) is 0 Å². The van der Waals surface area contributed by atoms with Gasteiger partial charge in [0.15, 0.2) is 0 Å². The van der Waals surface area contributed by atoms with Gasteiger partial charge in [0.25, 0.3) is 0 Å². The van der Waals surface area contributed by atoms with Crippen molar-refractivity contribution in [1.82, 2.24) is 0 Å². The maximum atomic E-state index is 11.3. The molecule has 3 nitrogen and oxygen atoms in total. The summed E-state index contributed by atoms with van der Waals surface area (Å²) in [5.41, 5.74) is 2.06. The summed E-state index contributed by atoms with van der Waals surface area (Å²) >= 11 is 0. The summed E-state index contributed by atoms with van der Waals surface area (Å²) in [6.45, 7) is -0.275. The maximum Gasteiger partial charge on any atom is 0.336 e. The average Bonchev–Trinajstić information content (AvgIpc) is 2.38. The van der Waals surface area contributed by atoms with Gasteiger partial charge in [0, 0.05) is 0 Å². The third-order valence-electron chi connectivity index (χ3n) is 2.62. The van der Waals surface area contributed by atoms with Gasteiger partial charge in [0.05, 0.1) is 12.2 Å². The van der Waals surface area contributed by atoms with Gasteiger partial charge in [-0.25, -0.2) is 4.79 Å². The number of aliphatic hydroxyl groups is 1. The number of hydrogen-bond acceptors (Lipinski definition) is 2. The van der Waals surface area contributed by atoms with Gasteiger partial charge < -0.3 is 10.2 Å². The number of carboxylic acids is 1. The molecule has 0 saturated heterocycles. The van der Waals surface area contributed by atoms with E-state index in [-0.39, 0.29) is 12.2 Å². The standard InChI is InChI=1S/C14H12O3/c15-9-11-7-4-8-12(13(11)14(16)17)10-5-2-1-3-6-10/h1-8,15H,9H2,(H,16,17). The van der Waals surface area contributed by atoms with E-state index in [4.69, 9.17) is 0 Å². The number of aromatic carboxylic acids is 1. The Hall–Kier alpha value is -2.13. The van der Waals surface area contributed by atoms with Crippen LogP contribution in [0.1, 0.15) is 15.9 Å². The minimum absolute atomic E-state index is 0.168. The van der Waals surface area contributed by atoms with E-state index in [0.717, 1.165) is 5.56 Å². The van der Waals surface area contributed by atoms with Gasteiger partial charge in [-0.2, -0.15) is 0 Å². The third-order valence-corrected chi connectivity index (χ3v) is 2.62. The molecule has 0 spiro atoms. The Morgan fingerprint density at radius 1 is 1.00 bits per heavy atom. The number of carboxylic acid groups (broad SMARTS) is 1. The van der Waals surface area contributed by atoms with Crippen LogP contribution in [0.2, 0.25) is 0 Å². The highest BCUT2D eigenvalue weighted by Gasteiger charge is 2.15. The Morgan fingerprint density at radius 2 is 1.71 bits per heavy atom. The van der Waals surface area contributed by atoms with Crippen LogP contribution in [-0.2, 0) is 6.61 Å². The monoisotopic (exact) mass is 228 g/mol. The van der Waals surface area contributed by atoms with Gasteiger partial charge in [-0.05, 0) is 16.7 Å². The summed E-state index contributed by atoms with van der Waals surface area (Å²) in [5.74, 6) is -1.02. The van der Waals surface area contributed by atoms with E-state index in [1.54, 1.807) is 18.2 Å². The predicted molar refractivity (Wildman–Crippen MR) is 64.8 cm³/mol. The second-order valence-corrected chi connectivity index (χ2v) is 3.67. The lowest BCUT2D eigenvalue weighted by molar-refractivity contribution is 0.0694. The van der Waals surface area contributed by atoms with Crippen molar-refractivity contribution in [2.45, 2.75) is 6.61 Å². The van der Waals surface area contributed by atoms with Crippen molar-refractivity contribution < 1.29 is 15.0 Å². The van der Waals surface area contributed by atoms with Crippen LogP contribution in [0.5, 0.6) is 0 Å². The molecule has 0 radical (unpaired) electrons. The van der Waals surface area contributed by atoms with E-state index < -0.39 is 5.97 Å². The molecule has 0 aromatic heterocycles. The molecule has 0 aliphatic carbocycles. The van der Waals surface area contributed by atoms with Crippen molar-refractivity contribution >= 4 is 5.97 Å². The molecule has 2 rings (SSSR count). The van der Waals surface area contributed by atoms with Crippen LogP contribution in [0.15, 0.2) is 48.5 Å². The summed E-state index contributed by atoms with van der Waals surface area (Å²) in [6.07, 6.45) is 0. The van der Waals surface area contributed by atoms with Crippen molar-refractivity contribution in [3.05, 3.63) is 59.7 Å². The third kappa shape index (κ3) is 2.19. The molecular formula is C14H12O3. The Morgan fingerprint density at radius 3 is 2.29 bits per heavy atom. The Balaban J connectivity index is 2.66. The van der Waals surface area contributed by atoms with Gasteiger partial charge in [-0.1, -0.05) is 48.5 Å². The minimum atomic E-state index is -1.02. The van der Waals surface area contributed by atoms with Gasteiger partial charge in [0.2, 0.25) is 0 Å². The molecule has 0 atom stereocenters. The van der Waals surface area contributed by atoms with Gasteiger partial charge >= 0.3 is 5.97 Å². The molecule has 0 aliphatic heterocycles. The van der Waals surface area contributed by atoms with Crippen molar-refractivity contribution in [2.75, 3.05) is 0 Å². The molecule has 86 valence electrons. The van der Waals surface area contributed by atoms with Crippen LogP contribution in [-0.4, -0.2) is 16.2 Å². The first-order valence-electron chi connectivity index (χ1n) is 5.25. The van der Waals surface area contributed by atoms with Gasteiger partial charge in [0.1, 0.15) is 0 Å². The number of hydrogen-bond donors (Lipinski definition) is 2. The fraction of sp³-hybridized carbons (Fsp3) is 0.0714. The zero-order chi connectivity index (χ0) is 12.3. The molecule has 0 fully saturated rings. The summed E-state index contributed by atoms with van der Waals surface area (Å²) in [5, 5.41) is 18.4. The zero-order valence-corrected chi connectivity index (χ0v) is 9.13. The molecule has 0 saturated carbocycles. The van der Waals surface area contributed by atoms with E-state index >= 15 is 0 Å². The Bertz CT molecular complexity index is 532. The Labute approximate surface area is 99.0 Å². The zero-order valence-electron chi connectivity index (χ0n) is 9.13. The molecule has 2 N–H and O–H groups in total. The highest BCUT2D eigenvalue weighted by Crippen LogP contribution is 2.26. The first kappa shape index (κ1) is 11.4. The molecule has 17 heavy (non-hydrogen) atoms. The van der Waals surface area contributed by atoms with Gasteiger partial charge in [-0.15, -0.1) is 0 Å². The average molecular weight is 228 g/mol. The highest BCUT2D eigenvalue weighted by molar-refractivity contribution is 5.97. The van der Waals surface area contributed by atoms with Crippen LogP contribution in [0.3, 0.4) is 0 Å². The second kappa shape index (κ2) is 4.80. The molecule has 2 aromatic rings. The number of rotatable bonds is 3. The molecule has 3 heteroatoms. The lowest BCUT2D eigenvalue weighted by Crippen LogP contribution is -2.05. The summed E-state index contributed by atoms with van der Waals surface area (Å²) in [6, 6.07) is 14.4. The van der Waals surface area contributed by atoms with Crippen LogP contribution in [0, 0.1) is 0 Å². The molecule has 0 aliphatic rings. The quantitative estimate of drug-likeness (QED) is 0.848. The van der Waals surface area contributed by atoms with E-state index in [2.05, 4.69) is 0 Å². The smallest absolute Gasteiger partial charge is 0.336 e. The van der Waals surface area contributed by atoms with Crippen LogP contribution in [0.4, 0.5) is 0 Å². The molecular weight excluding hydrogens is 216 g/mol. The first-order valence-corrected chi connectivity index (χ1v) is 5.25. The van der Waals surface area contributed by atoms with Crippen molar-refractivity contribution in [3.8, 4) is 11.1 Å². The number of aliphatic hydroxyl groups excluding tert-OH is 1. The fourth-order valence-corrected chi connectivity index (χ4v) is 1.84. The van der Waals surface area contributed by atoms with Crippen LogP contribution >= 0.6 is 0 Å². The number of benzene rings is 2. The van der Waals surface area contributed by atoms with E-state index in [0.29, 0.717) is 11.1 Å². The predicted octanol–water partition coefficient (Wildman–Crippen LogP) is 2.54. The lowest BCUT2D eigenvalue weighted by Gasteiger charge is -2.09. The van der Waals surface area contributed by atoms with Crippen molar-refractivity contribution in [1.29, 1.82) is 0 Å². The molecule has 0 unspecified atom stereocenters. The second-order valence-electron chi connectivity index (χ2n) is 3.67. The molecule has 0 heterocycles. The summed E-state index contributed by atoms with van der Waals surface area (Å²) in [7, 11) is 0. The molecule has 0 bridgehead atoms. The van der Waals surface area contributed by atoms with E-state index in [9.17, 15) is 15.0 Å². The maximum absolute atomic E-state index is 11.3. The van der Waals surface area contributed by atoms with E-state index in [1.807, 2.05) is 30.3 Å². The Kier molecular flexibility index (Phi) is 3.21. The highest BCUT2D eigenvalue weighted by atomic mass is 16.4. The SMILES string of the molecule is O=C(O)c1c(CO)cccc1-c1ccccc1. The van der Waals surface area contributed by atoms with Crippen LogP contribution in [0.25, 0.3) is 11.1 Å². The lowest BCUT2D eigenvalue weighted by atomic mass is 9.96. The van der Waals surface area contributed by atoms with Crippen molar-refractivity contribution in [2.24, 2.45) is 0 Å². The van der Waals surface area contributed by atoms with Gasteiger partial charge in [-0.3, -0.25) is 0 Å². The van der Waals surface area contributed by atoms with E-state index in [1.165, 1.54) is 0 Å². The van der Waals surface area contributed by atoms with Crippen LogP contribution < -0.4 is 0 Å². The molecule has 0 amide bonds. The minimum Gasteiger partial charge on any atom is -0.478 e. The fourth-order valence-electron chi connectivity index (χ4n) is 1.84.